The van der Waals surface area contributed by atoms with Crippen molar-refractivity contribution in [3.8, 4) is 5.75 Å². The van der Waals surface area contributed by atoms with E-state index in [9.17, 15) is 15.0 Å². The summed E-state index contributed by atoms with van der Waals surface area (Å²) in [6, 6.07) is 3.41. The van der Waals surface area contributed by atoms with Gasteiger partial charge >= 0.3 is 0 Å². The summed E-state index contributed by atoms with van der Waals surface area (Å²) >= 11 is 4.06. The molecule has 0 aliphatic heterocycles. The minimum Gasteiger partial charge on any atom is -0.506 e. The fourth-order valence-electron chi connectivity index (χ4n) is 1.58. The van der Waals surface area contributed by atoms with Crippen LogP contribution < -0.4 is 0 Å². The van der Waals surface area contributed by atoms with Crippen LogP contribution in [0.15, 0.2) is 12.1 Å². The highest BCUT2D eigenvalue weighted by Crippen LogP contribution is 2.27. The maximum absolute atomic E-state index is 12.2. The molecule has 7 heteroatoms. The molecule has 0 aliphatic carbocycles. The molecule has 1 amide bonds. The van der Waals surface area contributed by atoms with Crippen molar-refractivity contribution in [3.63, 3.8) is 0 Å². The zero-order chi connectivity index (χ0) is 14.6. The Labute approximate surface area is 139 Å². The summed E-state index contributed by atoms with van der Waals surface area (Å²) in [5, 5.41) is 19.5. The van der Waals surface area contributed by atoms with Crippen molar-refractivity contribution >= 4 is 51.1 Å². The monoisotopic (exact) mass is 491 g/mol. The van der Waals surface area contributed by atoms with Crippen LogP contribution in [0.5, 0.6) is 5.75 Å². The minimum atomic E-state index is -0.747. The number of hydrogen-bond acceptors (Lipinski definition) is 4. The Morgan fingerprint density at radius 2 is 2.11 bits per heavy atom. The molecule has 1 aromatic rings. The van der Waals surface area contributed by atoms with Gasteiger partial charge in [0.1, 0.15) is 5.75 Å². The van der Waals surface area contributed by atoms with E-state index in [4.69, 9.17) is 4.74 Å². The number of amides is 1. The summed E-state index contributed by atoms with van der Waals surface area (Å²) in [6.45, 7) is 0.307. The van der Waals surface area contributed by atoms with Gasteiger partial charge < -0.3 is 19.8 Å². The molecule has 0 spiro atoms. The van der Waals surface area contributed by atoms with E-state index in [0.717, 1.165) is 3.57 Å². The second-order valence-corrected chi connectivity index (χ2v) is 6.49. The van der Waals surface area contributed by atoms with E-state index in [1.807, 2.05) is 22.6 Å². The second-order valence-electron chi connectivity index (χ2n) is 4.08. The zero-order valence-corrected chi connectivity index (χ0v) is 14.9. The second kappa shape index (κ2) is 7.60. The van der Waals surface area contributed by atoms with Gasteiger partial charge in [0.25, 0.3) is 5.91 Å². The van der Waals surface area contributed by atoms with Gasteiger partial charge in [-0.2, -0.15) is 0 Å². The molecule has 0 heterocycles. The first kappa shape index (κ1) is 16.9. The van der Waals surface area contributed by atoms with Crippen molar-refractivity contribution in [2.75, 3.05) is 27.3 Å². The number of aliphatic hydroxyl groups is 1. The molecule has 0 saturated carbocycles. The van der Waals surface area contributed by atoms with E-state index in [2.05, 4.69) is 22.6 Å². The van der Waals surface area contributed by atoms with Crippen molar-refractivity contribution in [2.45, 2.75) is 6.10 Å². The van der Waals surface area contributed by atoms with Gasteiger partial charge in [0, 0.05) is 24.3 Å². The smallest absolute Gasteiger partial charge is 0.257 e. The summed E-state index contributed by atoms with van der Waals surface area (Å²) in [5.74, 6) is -0.358. The highest BCUT2D eigenvalue weighted by molar-refractivity contribution is 14.1. The van der Waals surface area contributed by atoms with Crippen LogP contribution in [0.2, 0.25) is 0 Å². The van der Waals surface area contributed by atoms with Crippen LogP contribution in [0.3, 0.4) is 0 Å². The molecule has 106 valence electrons. The molecule has 1 atom stereocenters. The first-order valence-corrected chi connectivity index (χ1v) is 7.63. The van der Waals surface area contributed by atoms with Crippen LogP contribution in [0.4, 0.5) is 0 Å². The summed E-state index contributed by atoms with van der Waals surface area (Å²) in [4.78, 5) is 13.6. The maximum Gasteiger partial charge on any atom is 0.257 e. The number of methoxy groups -OCH3 is 1. The number of hydrogen-bond donors (Lipinski definition) is 2. The number of ether oxygens (including phenoxy) is 1. The molecule has 1 aromatic carbocycles. The lowest BCUT2D eigenvalue weighted by Gasteiger charge is -2.21. The van der Waals surface area contributed by atoms with E-state index < -0.39 is 6.10 Å². The number of benzene rings is 1. The third-order valence-electron chi connectivity index (χ3n) is 2.45. The van der Waals surface area contributed by atoms with Gasteiger partial charge in [0.2, 0.25) is 0 Å². The predicted octanol–water partition coefficient (Wildman–Crippen LogP) is 1.68. The minimum absolute atomic E-state index is 0.0286. The van der Waals surface area contributed by atoms with Gasteiger partial charge in [-0.15, -0.1) is 0 Å². The molecular formula is C12H15I2NO4. The van der Waals surface area contributed by atoms with Crippen LogP contribution >= 0.6 is 45.2 Å². The van der Waals surface area contributed by atoms with Crippen LogP contribution in [-0.4, -0.2) is 54.4 Å². The van der Waals surface area contributed by atoms with Gasteiger partial charge in [-0.1, -0.05) is 0 Å². The molecule has 2 N–H and O–H groups in total. The molecule has 1 rings (SSSR count). The van der Waals surface area contributed by atoms with Crippen LogP contribution in [0.25, 0.3) is 0 Å². The normalized spacial score (nSPS) is 12.3. The van der Waals surface area contributed by atoms with Gasteiger partial charge in [0.05, 0.1) is 21.8 Å². The SMILES string of the molecule is COCC(O)CN(C)C(=O)c1cc(I)cc(I)c1O. The summed E-state index contributed by atoms with van der Waals surface area (Å²) in [6.07, 6.45) is -0.747. The van der Waals surface area contributed by atoms with E-state index in [-0.39, 0.29) is 30.4 Å². The molecule has 0 radical (unpaired) electrons. The van der Waals surface area contributed by atoms with Crippen LogP contribution in [-0.2, 0) is 4.74 Å². The number of rotatable bonds is 5. The first-order chi connectivity index (χ1) is 8.86. The van der Waals surface area contributed by atoms with E-state index in [1.165, 1.54) is 12.0 Å². The quantitative estimate of drug-likeness (QED) is 0.616. The summed E-state index contributed by atoms with van der Waals surface area (Å²) in [5.41, 5.74) is 0.239. The number of phenolic OH excluding ortho intramolecular Hbond substituents is 1. The zero-order valence-electron chi connectivity index (χ0n) is 10.6. The number of carbonyl (C=O) groups is 1. The molecule has 0 fully saturated rings. The lowest BCUT2D eigenvalue weighted by atomic mass is 10.1. The van der Waals surface area contributed by atoms with E-state index in [1.54, 1.807) is 19.2 Å². The number of aromatic hydroxyl groups is 1. The Bertz CT molecular complexity index is 467. The Balaban J connectivity index is 2.88. The first-order valence-electron chi connectivity index (χ1n) is 5.47. The predicted molar refractivity (Wildman–Crippen MR) is 88.4 cm³/mol. The highest BCUT2D eigenvalue weighted by Gasteiger charge is 2.20. The number of halogens is 2. The maximum atomic E-state index is 12.2. The molecule has 0 aliphatic rings. The fourth-order valence-corrected chi connectivity index (χ4v) is 3.42. The fraction of sp³-hybridized carbons (Fsp3) is 0.417. The molecule has 5 nitrogen and oxygen atoms in total. The Morgan fingerprint density at radius 3 is 2.68 bits per heavy atom. The van der Waals surface area contributed by atoms with Gasteiger partial charge in [0.15, 0.2) is 0 Å². The lowest BCUT2D eigenvalue weighted by molar-refractivity contribution is 0.0379. The highest BCUT2D eigenvalue weighted by atomic mass is 127. The number of carbonyl (C=O) groups excluding carboxylic acids is 1. The number of aliphatic hydroxyl groups excluding tert-OH is 1. The Morgan fingerprint density at radius 1 is 1.47 bits per heavy atom. The topological polar surface area (TPSA) is 70.0 Å². The van der Waals surface area contributed by atoms with Crippen molar-refractivity contribution in [3.05, 3.63) is 24.8 Å². The number of phenols is 1. The molecule has 0 aromatic heterocycles. The van der Waals surface area contributed by atoms with Crippen LogP contribution in [0.1, 0.15) is 10.4 Å². The van der Waals surface area contributed by atoms with Crippen molar-refractivity contribution in [1.82, 2.24) is 4.90 Å². The molecule has 0 saturated heterocycles. The average Bonchev–Trinajstić information content (AvgIpc) is 2.33. The third-order valence-corrected chi connectivity index (χ3v) is 3.89. The Kier molecular flexibility index (Phi) is 6.77. The third kappa shape index (κ3) is 4.72. The Hall–Kier alpha value is -0.130. The number of likely N-dealkylation sites (N-methyl/N-ethyl adjacent to an activating group) is 1. The number of nitrogens with zero attached hydrogens (tertiary/aromatic N) is 1. The van der Waals surface area contributed by atoms with Crippen molar-refractivity contribution in [2.24, 2.45) is 0 Å². The standard InChI is InChI=1S/C12H15I2NO4/c1-15(5-8(16)6-19-2)12(18)9-3-7(13)4-10(14)11(9)17/h3-4,8,16-17H,5-6H2,1-2H3. The van der Waals surface area contributed by atoms with Crippen molar-refractivity contribution < 1.29 is 19.7 Å². The van der Waals surface area contributed by atoms with Gasteiger partial charge in [-0.05, 0) is 57.3 Å². The molecule has 0 bridgehead atoms. The molecular weight excluding hydrogens is 476 g/mol. The largest absolute Gasteiger partial charge is 0.506 e. The van der Waals surface area contributed by atoms with E-state index in [0.29, 0.717) is 3.57 Å². The summed E-state index contributed by atoms with van der Waals surface area (Å²) < 4.78 is 6.31. The van der Waals surface area contributed by atoms with Crippen LogP contribution in [0, 0.1) is 7.14 Å². The van der Waals surface area contributed by atoms with Crippen molar-refractivity contribution in [1.29, 1.82) is 0 Å². The molecule has 1 unspecified atom stereocenters. The summed E-state index contributed by atoms with van der Waals surface area (Å²) in [7, 11) is 3.06. The molecule has 19 heavy (non-hydrogen) atoms. The van der Waals surface area contributed by atoms with Gasteiger partial charge in [-0.25, -0.2) is 0 Å². The van der Waals surface area contributed by atoms with Gasteiger partial charge in [-0.3, -0.25) is 4.79 Å². The lowest BCUT2D eigenvalue weighted by Crippen LogP contribution is -2.36. The average molecular weight is 491 g/mol. The van der Waals surface area contributed by atoms with E-state index >= 15 is 0 Å².